The molecule has 0 atom stereocenters. The number of carboxylic acids is 1. The van der Waals surface area contributed by atoms with Crippen LogP contribution in [-0.4, -0.2) is 5.97 Å². The van der Waals surface area contributed by atoms with Gasteiger partial charge in [0.25, 0.3) is 0 Å². The van der Waals surface area contributed by atoms with Crippen molar-refractivity contribution in [3.8, 4) is 0 Å². The summed E-state index contributed by atoms with van der Waals surface area (Å²) in [4.78, 5) is 9.65. The van der Waals surface area contributed by atoms with Crippen LogP contribution >= 0.6 is 0 Å². The second-order valence-electron chi connectivity index (χ2n) is 1.59. The number of carbonyl (C=O) groups excluding carboxylic acids is 1. The Hall–Kier alpha value is 0.210. The first kappa shape index (κ1) is 7.21. The zero-order chi connectivity index (χ0) is 4.57. The van der Waals surface area contributed by atoms with Crippen LogP contribution in [0.2, 0.25) is 0 Å². The summed E-state index contributed by atoms with van der Waals surface area (Å²) in [6.07, 6.45) is 1.67. The molecule has 0 aliphatic heterocycles. The fourth-order valence-corrected chi connectivity index (χ4v) is 0.319. The predicted molar refractivity (Wildman–Crippen MR) is 17.7 cm³/mol. The summed E-state index contributed by atoms with van der Waals surface area (Å²) < 4.78 is 0. The molecule has 0 N–H and O–H groups in total. The van der Waals surface area contributed by atoms with Crippen LogP contribution in [-0.2, 0) is 27.2 Å². The van der Waals surface area contributed by atoms with Gasteiger partial charge < -0.3 is 9.90 Å². The topological polar surface area (TPSA) is 40.1 Å². The molecule has 1 fully saturated rings. The summed E-state index contributed by atoms with van der Waals surface area (Å²) in [5, 5.41) is 9.65. The van der Waals surface area contributed by atoms with E-state index in [1.807, 2.05) is 0 Å². The molecule has 0 aromatic carbocycles. The molecule has 7 heavy (non-hydrogen) atoms. The zero-order valence-corrected chi connectivity index (χ0v) is 5.09. The SMILES string of the molecule is O=C([O-])C1CC1.[Ag+]. The third-order valence-electron chi connectivity index (χ3n) is 0.911. The van der Waals surface area contributed by atoms with E-state index in [4.69, 9.17) is 0 Å². The quantitative estimate of drug-likeness (QED) is 0.508. The Morgan fingerprint density at radius 1 is 1.57 bits per heavy atom. The van der Waals surface area contributed by atoms with Crippen molar-refractivity contribution in [2.24, 2.45) is 5.92 Å². The van der Waals surface area contributed by atoms with Gasteiger partial charge in [0.2, 0.25) is 0 Å². The fraction of sp³-hybridized carbons (Fsp3) is 0.750. The van der Waals surface area contributed by atoms with Gasteiger partial charge in [0.05, 0.1) is 0 Å². The van der Waals surface area contributed by atoms with Crippen LogP contribution in [0.4, 0.5) is 0 Å². The van der Waals surface area contributed by atoms with E-state index in [0.717, 1.165) is 12.8 Å². The summed E-state index contributed by atoms with van der Waals surface area (Å²) >= 11 is 0. The van der Waals surface area contributed by atoms with Crippen LogP contribution in [0.25, 0.3) is 0 Å². The molecule has 1 saturated carbocycles. The molecule has 0 bridgehead atoms. The standard InChI is InChI=1S/C4H6O2.Ag/c5-4(6)3-1-2-3;/h3H,1-2H2,(H,5,6);/q;+1/p-1. The fourth-order valence-electron chi connectivity index (χ4n) is 0.319. The van der Waals surface area contributed by atoms with Gasteiger partial charge in [-0.25, -0.2) is 0 Å². The van der Waals surface area contributed by atoms with E-state index >= 15 is 0 Å². The molecular weight excluding hydrogens is 188 g/mol. The molecule has 0 aromatic rings. The summed E-state index contributed by atoms with van der Waals surface area (Å²) in [6, 6.07) is 0. The maximum Gasteiger partial charge on any atom is 1.00 e. The average molecular weight is 193 g/mol. The minimum absolute atomic E-state index is 0. The van der Waals surface area contributed by atoms with E-state index in [9.17, 15) is 9.90 Å². The van der Waals surface area contributed by atoms with Crippen molar-refractivity contribution < 1.29 is 32.3 Å². The number of hydrogen-bond acceptors (Lipinski definition) is 2. The van der Waals surface area contributed by atoms with Gasteiger partial charge in [0.1, 0.15) is 0 Å². The number of carboxylic acid groups (broad SMARTS) is 1. The Morgan fingerprint density at radius 3 is 2.00 bits per heavy atom. The van der Waals surface area contributed by atoms with Crippen molar-refractivity contribution in [2.45, 2.75) is 12.8 Å². The van der Waals surface area contributed by atoms with Gasteiger partial charge in [-0.3, -0.25) is 0 Å². The van der Waals surface area contributed by atoms with Gasteiger partial charge in [-0.2, -0.15) is 0 Å². The van der Waals surface area contributed by atoms with E-state index in [0.29, 0.717) is 0 Å². The van der Waals surface area contributed by atoms with Gasteiger partial charge in [0, 0.05) is 5.97 Å². The van der Waals surface area contributed by atoms with Crippen molar-refractivity contribution in [1.29, 1.82) is 0 Å². The Bertz CT molecular complexity index is 77.8. The molecule has 44 valence electrons. The number of carbonyl (C=O) groups is 1. The molecule has 0 radical (unpaired) electrons. The zero-order valence-electron chi connectivity index (χ0n) is 3.61. The minimum atomic E-state index is -0.880. The van der Waals surface area contributed by atoms with Crippen LogP contribution in [0.5, 0.6) is 0 Å². The van der Waals surface area contributed by atoms with Crippen LogP contribution in [0.1, 0.15) is 12.8 Å². The number of hydrogen-bond donors (Lipinski definition) is 0. The number of rotatable bonds is 1. The first-order chi connectivity index (χ1) is 2.80. The van der Waals surface area contributed by atoms with Gasteiger partial charge >= 0.3 is 22.4 Å². The first-order valence-electron chi connectivity index (χ1n) is 2.01. The Labute approximate surface area is 57.4 Å². The average Bonchev–Trinajstić information content (AvgIpc) is 2.06. The summed E-state index contributed by atoms with van der Waals surface area (Å²) in [7, 11) is 0. The van der Waals surface area contributed by atoms with E-state index in [-0.39, 0.29) is 28.3 Å². The third-order valence-corrected chi connectivity index (χ3v) is 0.911. The molecule has 0 unspecified atom stereocenters. The second kappa shape index (κ2) is 2.50. The van der Waals surface area contributed by atoms with E-state index in [1.54, 1.807) is 0 Å². The van der Waals surface area contributed by atoms with Crippen molar-refractivity contribution in [1.82, 2.24) is 0 Å². The molecule has 2 nitrogen and oxygen atoms in total. The Balaban J connectivity index is 0.000000360. The predicted octanol–water partition coefficient (Wildman–Crippen LogP) is -0.856. The first-order valence-corrected chi connectivity index (χ1v) is 2.01. The normalized spacial score (nSPS) is 17.7. The summed E-state index contributed by atoms with van der Waals surface area (Å²) in [5.74, 6) is -0.972. The molecule has 0 saturated heterocycles. The van der Waals surface area contributed by atoms with Crippen LogP contribution in [0.15, 0.2) is 0 Å². The molecule has 1 aliphatic rings. The minimum Gasteiger partial charge on any atom is -0.550 e. The second-order valence-corrected chi connectivity index (χ2v) is 1.59. The smallest absolute Gasteiger partial charge is 0.550 e. The third kappa shape index (κ3) is 2.12. The molecule has 0 amide bonds. The van der Waals surface area contributed by atoms with E-state index < -0.39 is 5.97 Å². The molecule has 0 spiro atoms. The molecule has 1 aliphatic carbocycles. The molecule has 0 aromatic heterocycles. The maximum absolute atomic E-state index is 9.65. The molecular formula is C4H5AgO2. The molecule has 1 rings (SSSR count). The number of aliphatic carboxylic acids is 1. The van der Waals surface area contributed by atoms with Crippen molar-refractivity contribution in [3.05, 3.63) is 0 Å². The van der Waals surface area contributed by atoms with Crippen LogP contribution in [0.3, 0.4) is 0 Å². The Morgan fingerprint density at radius 2 is 2.00 bits per heavy atom. The van der Waals surface area contributed by atoms with E-state index in [2.05, 4.69) is 0 Å². The van der Waals surface area contributed by atoms with Crippen LogP contribution in [0, 0.1) is 5.92 Å². The Kier molecular flexibility index (Phi) is 2.58. The monoisotopic (exact) mass is 192 g/mol. The molecule has 0 heterocycles. The van der Waals surface area contributed by atoms with Crippen molar-refractivity contribution in [2.75, 3.05) is 0 Å². The van der Waals surface area contributed by atoms with Crippen molar-refractivity contribution in [3.63, 3.8) is 0 Å². The van der Waals surface area contributed by atoms with Crippen molar-refractivity contribution >= 4 is 5.97 Å². The molecule has 3 heteroatoms. The van der Waals surface area contributed by atoms with Gasteiger partial charge in [-0.05, 0) is 18.8 Å². The maximum atomic E-state index is 9.65. The summed E-state index contributed by atoms with van der Waals surface area (Å²) in [5.41, 5.74) is 0. The van der Waals surface area contributed by atoms with E-state index in [1.165, 1.54) is 0 Å². The summed E-state index contributed by atoms with van der Waals surface area (Å²) in [6.45, 7) is 0. The largest absolute Gasteiger partial charge is 1.00 e. The van der Waals surface area contributed by atoms with Gasteiger partial charge in [0.15, 0.2) is 0 Å². The van der Waals surface area contributed by atoms with Gasteiger partial charge in [-0.15, -0.1) is 0 Å². The van der Waals surface area contributed by atoms with Crippen LogP contribution < -0.4 is 5.11 Å². The van der Waals surface area contributed by atoms with Gasteiger partial charge in [-0.1, -0.05) is 0 Å².